The van der Waals surface area contributed by atoms with E-state index in [9.17, 15) is 15.3 Å². The predicted octanol–water partition coefficient (Wildman–Crippen LogP) is 3.53. The first-order chi connectivity index (χ1) is 15.0. The molecule has 3 N–H and O–H groups in total. The smallest absolute Gasteiger partial charge is 0.118 e. The fourth-order valence-electron chi connectivity index (χ4n) is 4.13. The third-order valence-electron chi connectivity index (χ3n) is 5.90. The van der Waals surface area contributed by atoms with E-state index in [0.29, 0.717) is 17.9 Å². The maximum absolute atomic E-state index is 11.7. The average Bonchev–Trinajstić information content (AvgIpc) is 2.84. The molecule has 0 amide bonds. The molecule has 0 aliphatic heterocycles. The molecule has 164 valence electrons. The third-order valence-corrected chi connectivity index (χ3v) is 5.90. The van der Waals surface area contributed by atoms with Crippen LogP contribution >= 0.6 is 0 Å². The van der Waals surface area contributed by atoms with E-state index in [1.807, 2.05) is 78.9 Å². The molecule has 5 heteroatoms. The van der Waals surface area contributed by atoms with Gasteiger partial charge in [0.1, 0.15) is 23.7 Å². The summed E-state index contributed by atoms with van der Waals surface area (Å²) in [5, 5.41) is 33.0. The molecule has 5 nitrogen and oxygen atoms in total. The van der Waals surface area contributed by atoms with Gasteiger partial charge in [0.05, 0.1) is 25.7 Å². The van der Waals surface area contributed by atoms with Crippen molar-refractivity contribution in [3.05, 3.63) is 95.6 Å². The molecule has 0 saturated heterocycles. The Kier molecular flexibility index (Phi) is 7.33. The fourth-order valence-corrected chi connectivity index (χ4v) is 4.13. The van der Waals surface area contributed by atoms with E-state index in [1.165, 1.54) is 0 Å². The molecule has 0 aliphatic rings. The first kappa shape index (κ1) is 22.8. The second-order valence-corrected chi connectivity index (χ2v) is 7.54. The summed E-state index contributed by atoms with van der Waals surface area (Å²) < 4.78 is 10.6. The molecule has 3 aromatic carbocycles. The van der Waals surface area contributed by atoms with Crippen LogP contribution in [0.4, 0.5) is 0 Å². The molecule has 0 radical (unpaired) electrons. The summed E-state index contributed by atoms with van der Waals surface area (Å²) in [4.78, 5) is 0. The third kappa shape index (κ3) is 4.30. The van der Waals surface area contributed by atoms with Crippen LogP contribution in [0, 0.1) is 0 Å². The van der Waals surface area contributed by atoms with Crippen molar-refractivity contribution >= 4 is 0 Å². The maximum Gasteiger partial charge on any atom is 0.118 e. The number of hydrogen-bond acceptors (Lipinski definition) is 5. The molecular weight excluding hydrogens is 392 g/mol. The van der Waals surface area contributed by atoms with Crippen LogP contribution in [0.5, 0.6) is 11.5 Å². The number of rotatable bonds is 9. The molecule has 0 heterocycles. The lowest BCUT2D eigenvalue weighted by molar-refractivity contribution is -0.0772. The minimum atomic E-state index is -1.37. The van der Waals surface area contributed by atoms with Gasteiger partial charge in [-0.25, -0.2) is 0 Å². The molecule has 31 heavy (non-hydrogen) atoms. The van der Waals surface area contributed by atoms with Crippen molar-refractivity contribution in [2.24, 2.45) is 0 Å². The summed E-state index contributed by atoms with van der Waals surface area (Å²) in [6.45, 7) is 1.77. The van der Waals surface area contributed by atoms with E-state index in [0.717, 1.165) is 16.7 Å². The Morgan fingerprint density at radius 1 is 0.677 bits per heavy atom. The van der Waals surface area contributed by atoms with Gasteiger partial charge in [0.2, 0.25) is 0 Å². The SMILES string of the molecule is CC[C@H](O)[C@H](O)C(O)C(c1ccccc1)(c1ccc(OC)cc1)c1ccc(OC)cc1. The average molecular weight is 423 g/mol. The summed E-state index contributed by atoms with van der Waals surface area (Å²) in [5.41, 5.74) is 1.18. The first-order valence-electron chi connectivity index (χ1n) is 10.4. The number of ether oxygens (including phenoxy) is 2. The van der Waals surface area contributed by atoms with Gasteiger partial charge in [0, 0.05) is 0 Å². The Morgan fingerprint density at radius 3 is 1.48 bits per heavy atom. The van der Waals surface area contributed by atoms with Gasteiger partial charge in [-0.15, -0.1) is 0 Å². The molecule has 0 saturated carbocycles. The fraction of sp³-hybridized carbons (Fsp3) is 0.308. The van der Waals surface area contributed by atoms with E-state index in [4.69, 9.17) is 9.47 Å². The largest absolute Gasteiger partial charge is 0.497 e. The molecule has 3 aromatic rings. The lowest BCUT2D eigenvalue weighted by atomic mass is 9.64. The second-order valence-electron chi connectivity index (χ2n) is 7.54. The van der Waals surface area contributed by atoms with Crippen LogP contribution in [0.25, 0.3) is 0 Å². The standard InChI is InChI=1S/C26H30O5/c1-4-23(27)24(28)25(29)26(18-8-6-5-7-9-18,19-10-14-21(30-2)15-11-19)20-12-16-22(31-3)17-13-20/h5-17,23-25,27-29H,4H2,1-3H3/t23-,24-,25?/m0/s1. The maximum atomic E-state index is 11.7. The highest BCUT2D eigenvalue weighted by Gasteiger charge is 2.47. The van der Waals surface area contributed by atoms with Crippen LogP contribution in [-0.2, 0) is 5.41 Å². The summed E-state index contributed by atoms with van der Waals surface area (Å²) in [5.74, 6) is 1.37. The zero-order valence-electron chi connectivity index (χ0n) is 18.1. The van der Waals surface area contributed by atoms with Gasteiger partial charge in [0.25, 0.3) is 0 Å². The van der Waals surface area contributed by atoms with Gasteiger partial charge in [0.15, 0.2) is 0 Å². The molecule has 0 spiro atoms. The van der Waals surface area contributed by atoms with Gasteiger partial charge in [-0.1, -0.05) is 61.5 Å². The number of methoxy groups -OCH3 is 2. The summed E-state index contributed by atoms with van der Waals surface area (Å²) in [7, 11) is 3.19. The zero-order chi connectivity index (χ0) is 22.4. The van der Waals surface area contributed by atoms with Gasteiger partial charge in [-0.3, -0.25) is 0 Å². The van der Waals surface area contributed by atoms with E-state index >= 15 is 0 Å². The van der Waals surface area contributed by atoms with Gasteiger partial charge < -0.3 is 24.8 Å². The van der Waals surface area contributed by atoms with E-state index in [1.54, 1.807) is 21.1 Å². The number of aliphatic hydroxyl groups is 3. The van der Waals surface area contributed by atoms with Gasteiger partial charge in [-0.05, 0) is 47.4 Å². The van der Waals surface area contributed by atoms with Crippen LogP contribution in [0.1, 0.15) is 30.0 Å². The van der Waals surface area contributed by atoms with Crippen molar-refractivity contribution in [2.45, 2.75) is 37.1 Å². The van der Waals surface area contributed by atoms with Gasteiger partial charge >= 0.3 is 0 Å². The molecule has 0 aromatic heterocycles. The first-order valence-corrected chi connectivity index (χ1v) is 10.4. The zero-order valence-corrected chi connectivity index (χ0v) is 18.1. The predicted molar refractivity (Wildman–Crippen MR) is 121 cm³/mol. The number of aliphatic hydroxyl groups excluding tert-OH is 3. The lowest BCUT2D eigenvalue weighted by Crippen LogP contribution is -2.52. The van der Waals surface area contributed by atoms with Crippen LogP contribution in [0.3, 0.4) is 0 Å². The Morgan fingerprint density at radius 2 is 1.10 bits per heavy atom. The monoisotopic (exact) mass is 422 g/mol. The van der Waals surface area contributed by atoms with E-state index in [-0.39, 0.29) is 0 Å². The number of hydrogen-bond donors (Lipinski definition) is 3. The van der Waals surface area contributed by atoms with Crippen LogP contribution < -0.4 is 9.47 Å². The van der Waals surface area contributed by atoms with Crippen molar-refractivity contribution in [3.63, 3.8) is 0 Å². The molecule has 0 fully saturated rings. The summed E-state index contributed by atoms with van der Waals surface area (Å²) in [6.07, 6.45) is -3.45. The summed E-state index contributed by atoms with van der Waals surface area (Å²) >= 11 is 0. The minimum absolute atomic E-state index is 0.314. The molecule has 0 bridgehead atoms. The Balaban J connectivity index is 2.33. The van der Waals surface area contributed by atoms with E-state index < -0.39 is 23.7 Å². The van der Waals surface area contributed by atoms with Crippen LogP contribution in [0.15, 0.2) is 78.9 Å². The quantitative estimate of drug-likeness (QED) is 0.460. The van der Waals surface area contributed by atoms with Crippen molar-refractivity contribution < 1.29 is 24.8 Å². The number of benzene rings is 3. The van der Waals surface area contributed by atoms with Crippen molar-refractivity contribution in [2.75, 3.05) is 14.2 Å². The lowest BCUT2D eigenvalue weighted by Gasteiger charge is -2.43. The van der Waals surface area contributed by atoms with Crippen LogP contribution in [0.2, 0.25) is 0 Å². The van der Waals surface area contributed by atoms with Gasteiger partial charge in [-0.2, -0.15) is 0 Å². The summed E-state index contributed by atoms with van der Waals surface area (Å²) in [6, 6.07) is 24.4. The minimum Gasteiger partial charge on any atom is -0.497 e. The molecule has 3 atom stereocenters. The Labute approximate surface area is 183 Å². The molecule has 0 aliphatic carbocycles. The second kappa shape index (κ2) is 9.96. The highest BCUT2D eigenvalue weighted by Crippen LogP contribution is 2.44. The molecule has 3 rings (SSSR count). The topological polar surface area (TPSA) is 79.2 Å². The molecular formula is C26H30O5. The highest BCUT2D eigenvalue weighted by molar-refractivity contribution is 5.54. The molecule has 1 unspecified atom stereocenters. The van der Waals surface area contributed by atoms with Crippen LogP contribution in [-0.4, -0.2) is 47.9 Å². The normalized spacial score (nSPS) is 14.5. The Bertz CT molecular complexity index is 890. The highest BCUT2D eigenvalue weighted by atomic mass is 16.5. The van der Waals surface area contributed by atoms with Crippen molar-refractivity contribution in [3.8, 4) is 11.5 Å². The van der Waals surface area contributed by atoms with Crippen molar-refractivity contribution in [1.82, 2.24) is 0 Å². The van der Waals surface area contributed by atoms with E-state index in [2.05, 4.69) is 0 Å². The Hall–Kier alpha value is -2.86. The van der Waals surface area contributed by atoms with Crippen molar-refractivity contribution in [1.29, 1.82) is 0 Å².